The smallest absolute Gasteiger partial charge is 0.269 e. The molecule has 0 fully saturated rings. The molecule has 0 atom stereocenters. The van der Waals surface area contributed by atoms with Gasteiger partial charge in [-0.2, -0.15) is 0 Å². The second-order valence-corrected chi connectivity index (χ2v) is 6.71. The number of methoxy groups -OCH3 is 4. The minimum Gasteiger partial charge on any atom is -0.496 e. The number of hydrogen-bond acceptors (Lipinski definition) is 6. The summed E-state index contributed by atoms with van der Waals surface area (Å²) in [5.74, 6) is 1.96. The zero-order chi connectivity index (χ0) is 22.0. The van der Waals surface area contributed by atoms with Gasteiger partial charge in [-0.05, 0) is 17.7 Å². The van der Waals surface area contributed by atoms with E-state index in [1.165, 1.54) is 11.5 Å². The number of rotatable bonds is 6. The van der Waals surface area contributed by atoms with Gasteiger partial charge in [0.15, 0.2) is 11.5 Å². The highest BCUT2D eigenvalue weighted by atomic mass is 16.5. The summed E-state index contributed by atoms with van der Waals surface area (Å²) in [7, 11) is 6.18. The van der Waals surface area contributed by atoms with Crippen molar-refractivity contribution in [2.75, 3.05) is 28.4 Å². The van der Waals surface area contributed by atoms with Gasteiger partial charge in [0.25, 0.3) is 5.56 Å². The Balaban J connectivity index is 2.12. The fraction of sp³-hybridized carbons (Fsp3) is 0.167. The van der Waals surface area contributed by atoms with Gasteiger partial charge in [-0.1, -0.05) is 36.4 Å². The Morgan fingerprint density at radius 1 is 0.742 bits per heavy atom. The molecular formula is C24H22N2O5. The number of benzene rings is 2. The van der Waals surface area contributed by atoms with Gasteiger partial charge >= 0.3 is 0 Å². The summed E-state index contributed by atoms with van der Waals surface area (Å²) in [6.07, 6.45) is 0. The second-order valence-electron chi connectivity index (χ2n) is 6.71. The lowest BCUT2D eigenvalue weighted by molar-refractivity contribution is 0.355. The van der Waals surface area contributed by atoms with Gasteiger partial charge in [-0.15, -0.1) is 0 Å². The predicted octanol–water partition coefficient (Wildman–Crippen LogP) is 4.06. The fourth-order valence-corrected chi connectivity index (χ4v) is 3.53. The summed E-state index contributed by atoms with van der Waals surface area (Å²) in [6, 6.07) is 18.3. The highest BCUT2D eigenvalue weighted by molar-refractivity contribution is 5.82. The number of hydrogen-bond donors (Lipinski definition) is 0. The zero-order valence-corrected chi connectivity index (χ0v) is 17.7. The topological polar surface area (TPSA) is 71.3 Å². The fourth-order valence-electron chi connectivity index (χ4n) is 3.53. The van der Waals surface area contributed by atoms with Crippen molar-refractivity contribution in [3.63, 3.8) is 0 Å². The molecule has 0 N–H and O–H groups in total. The van der Waals surface area contributed by atoms with Crippen molar-refractivity contribution in [3.05, 3.63) is 71.0 Å². The molecule has 0 amide bonds. The SMILES string of the molecule is COc1cc(OC)n2c(=O)c(-c3ccc(OC)c(OC)c3)c(-c3ccccc3)nc2c1. The Morgan fingerprint density at radius 3 is 2.13 bits per heavy atom. The van der Waals surface area contributed by atoms with Crippen LogP contribution in [0, 0.1) is 0 Å². The van der Waals surface area contributed by atoms with Crippen LogP contribution in [0.25, 0.3) is 28.0 Å². The molecule has 158 valence electrons. The first-order valence-corrected chi connectivity index (χ1v) is 9.58. The molecule has 0 aliphatic heterocycles. The summed E-state index contributed by atoms with van der Waals surface area (Å²) in [6.45, 7) is 0. The first-order chi connectivity index (χ1) is 15.1. The van der Waals surface area contributed by atoms with Gasteiger partial charge in [-0.3, -0.25) is 4.79 Å². The van der Waals surface area contributed by atoms with E-state index in [0.29, 0.717) is 45.6 Å². The van der Waals surface area contributed by atoms with Gasteiger partial charge in [0, 0.05) is 17.7 Å². The Hall–Kier alpha value is -4.00. The number of fused-ring (bicyclic) bond motifs is 1. The molecule has 0 aliphatic rings. The van der Waals surface area contributed by atoms with E-state index < -0.39 is 0 Å². The van der Waals surface area contributed by atoms with Crippen LogP contribution in [0.5, 0.6) is 23.1 Å². The molecule has 2 aromatic heterocycles. The van der Waals surface area contributed by atoms with Crippen LogP contribution >= 0.6 is 0 Å². The van der Waals surface area contributed by atoms with Crippen LogP contribution in [-0.2, 0) is 0 Å². The highest BCUT2D eigenvalue weighted by Crippen LogP contribution is 2.35. The normalized spacial score (nSPS) is 10.7. The molecule has 0 spiro atoms. The molecule has 0 saturated carbocycles. The van der Waals surface area contributed by atoms with Crippen molar-refractivity contribution in [1.82, 2.24) is 9.38 Å². The first-order valence-electron chi connectivity index (χ1n) is 9.58. The Bertz CT molecular complexity index is 1300. The third kappa shape index (κ3) is 3.54. The molecule has 0 radical (unpaired) electrons. The molecule has 4 aromatic rings. The van der Waals surface area contributed by atoms with Gasteiger partial charge in [0.2, 0.25) is 5.88 Å². The molecule has 7 nitrogen and oxygen atoms in total. The van der Waals surface area contributed by atoms with E-state index >= 15 is 0 Å². The summed E-state index contributed by atoms with van der Waals surface area (Å²) < 4.78 is 23.1. The molecule has 2 heterocycles. The standard InChI is InChI=1S/C24H22N2O5/c1-28-17-13-20-25-23(15-8-6-5-7-9-15)22(24(27)26(20)21(14-17)31-4)16-10-11-18(29-2)19(12-16)30-3/h5-14H,1-4H3. The maximum atomic E-state index is 13.8. The molecule has 0 saturated heterocycles. The van der Waals surface area contributed by atoms with Gasteiger partial charge in [-0.25, -0.2) is 9.38 Å². The summed E-state index contributed by atoms with van der Waals surface area (Å²) in [5, 5.41) is 0. The van der Waals surface area contributed by atoms with Crippen molar-refractivity contribution in [1.29, 1.82) is 0 Å². The zero-order valence-electron chi connectivity index (χ0n) is 17.7. The maximum absolute atomic E-state index is 13.8. The quantitative estimate of drug-likeness (QED) is 0.470. The Morgan fingerprint density at radius 2 is 1.48 bits per heavy atom. The van der Waals surface area contributed by atoms with Gasteiger partial charge in [0.05, 0.1) is 39.7 Å². The van der Waals surface area contributed by atoms with Crippen molar-refractivity contribution < 1.29 is 18.9 Å². The third-order valence-electron chi connectivity index (χ3n) is 5.03. The first kappa shape index (κ1) is 20.3. The molecule has 0 bridgehead atoms. The van der Waals surface area contributed by atoms with E-state index in [2.05, 4.69) is 0 Å². The molecule has 2 aromatic carbocycles. The molecule has 7 heteroatoms. The monoisotopic (exact) mass is 418 g/mol. The van der Waals surface area contributed by atoms with E-state index in [9.17, 15) is 4.79 Å². The minimum atomic E-state index is -0.268. The Labute approximate surface area is 179 Å². The van der Waals surface area contributed by atoms with E-state index in [4.69, 9.17) is 23.9 Å². The maximum Gasteiger partial charge on any atom is 0.269 e. The highest BCUT2D eigenvalue weighted by Gasteiger charge is 2.20. The van der Waals surface area contributed by atoms with Crippen molar-refractivity contribution in [2.45, 2.75) is 0 Å². The van der Waals surface area contributed by atoms with Crippen molar-refractivity contribution in [3.8, 4) is 45.5 Å². The summed E-state index contributed by atoms with van der Waals surface area (Å²) in [5.41, 5.74) is 2.59. The number of nitrogens with zero attached hydrogens (tertiary/aromatic N) is 2. The number of ether oxygens (including phenoxy) is 4. The minimum absolute atomic E-state index is 0.268. The molecular weight excluding hydrogens is 396 g/mol. The lowest BCUT2D eigenvalue weighted by Gasteiger charge is -2.16. The molecule has 31 heavy (non-hydrogen) atoms. The van der Waals surface area contributed by atoms with E-state index in [-0.39, 0.29) is 5.56 Å². The van der Waals surface area contributed by atoms with Crippen LogP contribution in [0.1, 0.15) is 0 Å². The molecule has 0 aliphatic carbocycles. The van der Waals surface area contributed by atoms with Gasteiger partial charge in [0.1, 0.15) is 11.4 Å². The number of pyridine rings is 1. The van der Waals surface area contributed by atoms with Crippen LogP contribution in [0.2, 0.25) is 0 Å². The van der Waals surface area contributed by atoms with Crippen LogP contribution in [0.4, 0.5) is 0 Å². The number of aromatic nitrogens is 2. The van der Waals surface area contributed by atoms with Crippen LogP contribution in [0.15, 0.2) is 65.5 Å². The van der Waals surface area contributed by atoms with Gasteiger partial charge < -0.3 is 18.9 Å². The van der Waals surface area contributed by atoms with Crippen LogP contribution < -0.4 is 24.5 Å². The second kappa shape index (κ2) is 8.39. The predicted molar refractivity (Wildman–Crippen MR) is 119 cm³/mol. The average molecular weight is 418 g/mol. The van der Waals surface area contributed by atoms with E-state index in [1.807, 2.05) is 36.4 Å². The molecule has 0 unspecified atom stereocenters. The molecule has 4 rings (SSSR count). The van der Waals surface area contributed by atoms with Crippen molar-refractivity contribution >= 4 is 5.65 Å². The Kier molecular flexibility index (Phi) is 5.49. The largest absolute Gasteiger partial charge is 0.496 e. The van der Waals surface area contributed by atoms with E-state index in [1.54, 1.807) is 45.6 Å². The van der Waals surface area contributed by atoms with Crippen LogP contribution in [-0.4, -0.2) is 37.8 Å². The van der Waals surface area contributed by atoms with Crippen LogP contribution in [0.3, 0.4) is 0 Å². The summed E-state index contributed by atoms with van der Waals surface area (Å²) in [4.78, 5) is 18.6. The lowest BCUT2D eigenvalue weighted by atomic mass is 10.00. The third-order valence-corrected chi connectivity index (χ3v) is 5.03. The lowest BCUT2D eigenvalue weighted by Crippen LogP contribution is -2.20. The summed E-state index contributed by atoms with van der Waals surface area (Å²) >= 11 is 0. The van der Waals surface area contributed by atoms with Crippen molar-refractivity contribution in [2.24, 2.45) is 0 Å². The average Bonchev–Trinajstić information content (AvgIpc) is 2.83. The van der Waals surface area contributed by atoms with E-state index in [0.717, 1.165) is 5.56 Å².